The Hall–Kier alpha value is -0.570. The van der Waals surface area contributed by atoms with Crippen LogP contribution < -0.4 is 5.32 Å². The van der Waals surface area contributed by atoms with Crippen molar-refractivity contribution in [1.82, 2.24) is 10.2 Å². The number of nitrogens with one attached hydrogen (secondary N) is 1. The van der Waals surface area contributed by atoms with Crippen LogP contribution in [-0.4, -0.2) is 35.5 Å². The summed E-state index contributed by atoms with van der Waals surface area (Å²) in [5.41, 5.74) is -0.320. The van der Waals surface area contributed by atoms with E-state index in [9.17, 15) is 4.79 Å². The molecular weight excluding hydrogens is 200 g/mol. The maximum atomic E-state index is 12.5. The highest BCUT2D eigenvalue weighted by Crippen LogP contribution is 2.22. The van der Waals surface area contributed by atoms with Crippen molar-refractivity contribution in [2.45, 2.75) is 59.0 Å². The van der Waals surface area contributed by atoms with Crippen LogP contribution in [0.1, 0.15) is 47.5 Å². The van der Waals surface area contributed by atoms with Crippen LogP contribution in [0.25, 0.3) is 0 Å². The number of nitrogens with zero attached hydrogens (tertiary/aromatic N) is 1. The van der Waals surface area contributed by atoms with Crippen LogP contribution in [0.15, 0.2) is 0 Å². The molecule has 1 fully saturated rings. The van der Waals surface area contributed by atoms with E-state index in [1.807, 2.05) is 11.8 Å². The molecule has 94 valence electrons. The summed E-state index contributed by atoms with van der Waals surface area (Å²) in [6.45, 7) is 12.4. The van der Waals surface area contributed by atoms with Crippen LogP contribution in [0.2, 0.25) is 0 Å². The van der Waals surface area contributed by atoms with E-state index in [0.29, 0.717) is 5.92 Å². The van der Waals surface area contributed by atoms with E-state index in [-0.39, 0.29) is 17.5 Å². The largest absolute Gasteiger partial charge is 0.338 e. The third kappa shape index (κ3) is 2.97. The molecule has 1 amide bonds. The Morgan fingerprint density at radius 3 is 2.38 bits per heavy atom. The van der Waals surface area contributed by atoms with E-state index in [1.165, 1.54) is 0 Å². The standard InChI is InChI=1S/C13H26N2O/c1-10(2)9-15(11(3)4)12(16)13(5)7-6-8-14-13/h10-11,14H,6-9H2,1-5H3. The summed E-state index contributed by atoms with van der Waals surface area (Å²) in [6, 6.07) is 0.286. The molecule has 1 unspecified atom stereocenters. The number of amides is 1. The van der Waals surface area contributed by atoms with Gasteiger partial charge in [0.25, 0.3) is 0 Å². The summed E-state index contributed by atoms with van der Waals surface area (Å²) >= 11 is 0. The number of hydrogen-bond donors (Lipinski definition) is 1. The molecule has 1 rings (SSSR count). The maximum absolute atomic E-state index is 12.5. The fourth-order valence-electron chi connectivity index (χ4n) is 2.32. The minimum absolute atomic E-state index is 0.272. The summed E-state index contributed by atoms with van der Waals surface area (Å²) in [5.74, 6) is 0.796. The molecule has 0 aromatic rings. The Kier molecular flexibility index (Phi) is 4.36. The van der Waals surface area contributed by atoms with Gasteiger partial charge in [-0.05, 0) is 46.1 Å². The number of rotatable bonds is 4. The molecule has 1 atom stereocenters. The fourth-order valence-corrected chi connectivity index (χ4v) is 2.32. The minimum atomic E-state index is -0.320. The van der Waals surface area contributed by atoms with Gasteiger partial charge in [-0.1, -0.05) is 13.8 Å². The molecule has 3 nitrogen and oxygen atoms in total. The first kappa shape index (κ1) is 13.5. The Balaban J connectivity index is 2.74. The first-order chi connectivity index (χ1) is 7.37. The van der Waals surface area contributed by atoms with E-state index in [2.05, 4.69) is 33.0 Å². The molecule has 1 heterocycles. The topological polar surface area (TPSA) is 32.3 Å². The van der Waals surface area contributed by atoms with E-state index < -0.39 is 0 Å². The highest BCUT2D eigenvalue weighted by molar-refractivity contribution is 5.86. The molecule has 0 bridgehead atoms. The van der Waals surface area contributed by atoms with Gasteiger partial charge in [0.15, 0.2) is 0 Å². The van der Waals surface area contributed by atoms with E-state index in [0.717, 1.165) is 25.9 Å². The normalized spacial score (nSPS) is 25.4. The van der Waals surface area contributed by atoms with Crippen LogP contribution >= 0.6 is 0 Å². The van der Waals surface area contributed by atoms with Gasteiger partial charge in [0.1, 0.15) is 0 Å². The molecule has 0 saturated carbocycles. The maximum Gasteiger partial charge on any atom is 0.242 e. The summed E-state index contributed by atoms with van der Waals surface area (Å²) in [4.78, 5) is 14.5. The molecule has 0 aromatic heterocycles. The van der Waals surface area contributed by atoms with Crippen molar-refractivity contribution in [3.63, 3.8) is 0 Å². The lowest BCUT2D eigenvalue weighted by molar-refractivity contribution is -0.139. The van der Waals surface area contributed by atoms with Gasteiger partial charge in [0.2, 0.25) is 5.91 Å². The lowest BCUT2D eigenvalue weighted by Crippen LogP contribution is -2.55. The molecule has 1 aliphatic heterocycles. The first-order valence-corrected chi connectivity index (χ1v) is 6.43. The van der Waals surface area contributed by atoms with Gasteiger partial charge in [-0.3, -0.25) is 4.79 Å². The van der Waals surface area contributed by atoms with Crippen molar-refractivity contribution >= 4 is 5.91 Å². The first-order valence-electron chi connectivity index (χ1n) is 6.43. The monoisotopic (exact) mass is 226 g/mol. The summed E-state index contributed by atoms with van der Waals surface area (Å²) in [6.07, 6.45) is 2.07. The van der Waals surface area contributed by atoms with Crippen molar-refractivity contribution in [3.8, 4) is 0 Å². The van der Waals surface area contributed by atoms with Crippen LogP contribution in [0.3, 0.4) is 0 Å². The number of carbonyl (C=O) groups excluding carboxylic acids is 1. The Bertz CT molecular complexity index is 242. The summed E-state index contributed by atoms with van der Waals surface area (Å²) in [5, 5.41) is 3.35. The van der Waals surface area contributed by atoms with Gasteiger partial charge in [0.05, 0.1) is 5.54 Å². The number of hydrogen-bond acceptors (Lipinski definition) is 2. The molecule has 0 aliphatic carbocycles. The van der Waals surface area contributed by atoms with Crippen molar-refractivity contribution in [3.05, 3.63) is 0 Å². The second-order valence-corrected chi connectivity index (χ2v) is 5.81. The molecule has 1 saturated heterocycles. The molecule has 3 heteroatoms. The van der Waals surface area contributed by atoms with Crippen molar-refractivity contribution in [2.75, 3.05) is 13.1 Å². The van der Waals surface area contributed by atoms with Crippen LogP contribution in [-0.2, 0) is 4.79 Å². The van der Waals surface area contributed by atoms with Crippen LogP contribution in [0, 0.1) is 5.92 Å². The summed E-state index contributed by atoms with van der Waals surface area (Å²) in [7, 11) is 0. The SMILES string of the molecule is CC(C)CN(C(=O)C1(C)CCCN1)C(C)C. The van der Waals surface area contributed by atoms with Crippen LogP contribution in [0.4, 0.5) is 0 Å². The van der Waals surface area contributed by atoms with Gasteiger partial charge in [0, 0.05) is 12.6 Å². The van der Waals surface area contributed by atoms with Gasteiger partial charge in [-0.15, -0.1) is 0 Å². The van der Waals surface area contributed by atoms with Gasteiger partial charge in [-0.25, -0.2) is 0 Å². The molecule has 16 heavy (non-hydrogen) atoms. The van der Waals surface area contributed by atoms with Crippen molar-refractivity contribution < 1.29 is 4.79 Å². The molecular formula is C13H26N2O. The van der Waals surface area contributed by atoms with Crippen molar-refractivity contribution in [2.24, 2.45) is 5.92 Å². The zero-order valence-electron chi connectivity index (χ0n) is 11.3. The van der Waals surface area contributed by atoms with Gasteiger partial charge >= 0.3 is 0 Å². The second kappa shape index (κ2) is 5.17. The van der Waals surface area contributed by atoms with Gasteiger partial charge in [-0.2, -0.15) is 0 Å². The lowest BCUT2D eigenvalue weighted by Gasteiger charge is -2.35. The Morgan fingerprint density at radius 2 is 2.00 bits per heavy atom. The van der Waals surface area contributed by atoms with E-state index >= 15 is 0 Å². The molecule has 0 spiro atoms. The third-order valence-corrected chi connectivity index (χ3v) is 3.29. The third-order valence-electron chi connectivity index (χ3n) is 3.29. The number of carbonyl (C=O) groups is 1. The second-order valence-electron chi connectivity index (χ2n) is 5.81. The predicted octanol–water partition coefficient (Wildman–Crippen LogP) is 2.02. The highest BCUT2D eigenvalue weighted by atomic mass is 16.2. The molecule has 1 aliphatic rings. The fraction of sp³-hybridized carbons (Fsp3) is 0.923. The minimum Gasteiger partial charge on any atom is -0.338 e. The Labute approximate surface area is 99.6 Å². The van der Waals surface area contributed by atoms with E-state index in [1.54, 1.807) is 0 Å². The van der Waals surface area contributed by atoms with Crippen LogP contribution in [0.5, 0.6) is 0 Å². The molecule has 1 N–H and O–H groups in total. The van der Waals surface area contributed by atoms with E-state index in [4.69, 9.17) is 0 Å². The zero-order valence-corrected chi connectivity index (χ0v) is 11.3. The quantitative estimate of drug-likeness (QED) is 0.795. The highest BCUT2D eigenvalue weighted by Gasteiger charge is 2.39. The van der Waals surface area contributed by atoms with Gasteiger partial charge < -0.3 is 10.2 Å². The average Bonchev–Trinajstić information content (AvgIpc) is 2.61. The zero-order chi connectivity index (χ0) is 12.3. The Morgan fingerprint density at radius 1 is 1.38 bits per heavy atom. The van der Waals surface area contributed by atoms with Crippen molar-refractivity contribution in [1.29, 1.82) is 0 Å². The molecule has 0 aromatic carbocycles. The predicted molar refractivity (Wildman–Crippen MR) is 67.3 cm³/mol. The molecule has 0 radical (unpaired) electrons. The lowest BCUT2D eigenvalue weighted by atomic mass is 9.97. The average molecular weight is 226 g/mol. The summed E-state index contributed by atoms with van der Waals surface area (Å²) < 4.78 is 0. The smallest absolute Gasteiger partial charge is 0.242 e.